The van der Waals surface area contributed by atoms with Crippen molar-refractivity contribution in [3.8, 4) is 0 Å². The Morgan fingerprint density at radius 1 is 0.929 bits per heavy atom. The van der Waals surface area contributed by atoms with E-state index in [1.54, 1.807) is 0 Å². The Bertz CT molecular complexity index is 183. The molecule has 9 nitrogen and oxygen atoms in total. The van der Waals surface area contributed by atoms with Gasteiger partial charge in [0.15, 0.2) is 0 Å². The maximum absolute atomic E-state index is 8.93. The molecule has 0 bridgehead atoms. The van der Waals surface area contributed by atoms with Crippen LogP contribution in [0.25, 0.3) is 0 Å². The van der Waals surface area contributed by atoms with Crippen molar-refractivity contribution in [2.24, 2.45) is 0 Å². The molecule has 0 radical (unpaired) electrons. The number of hydrogen-bond acceptors (Lipinski definition) is 8. The summed E-state index contributed by atoms with van der Waals surface area (Å²) in [6.07, 6.45) is 0. The fraction of sp³-hybridized carbons (Fsp3) is 0. The van der Waals surface area contributed by atoms with Crippen molar-refractivity contribution in [1.29, 1.82) is 0 Å². The number of rotatable bonds is 0. The van der Waals surface area contributed by atoms with E-state index in [-0.39, 0.29) is 66.9 Å². The number of quaternary nitrogens is 1. The van der Waals surface area contributed by atoms with Gasteiger partial charge in [0.1, 0.15) is 0 Å². The van der Waals surface area contributed by atoms with Crippen LogP contribution in [0.4, 0.5) is 0 Å². The van der Waals surface area contributed by atoms with Crippen molar-refractivity contribution in [2.45, 2.75) is 0 Å². The fourth-order valence-corrected chi connectivity index (χ4v) is 0. The largest absolute Gasteiger partial charge is 2.00 e. The van der Waals surface area contributed by atoms with Gasteiger partial charge < -0.3 is 45.2 Å². The maximum atomic E-state index is 8.93. The van der Waals surface area contributed by atoms with Crippen LogP contribution in [0.2, 0.25) is 0 Å². The van der Waals surface area contributed by atoms with Gasteiger partial charge in [-0.15, -0.1) is 0 Å². The van der Waals surface area contributed by atoms with E-state index in [0.717, 1.165) is 0 Å². The average molecular weight is 265 g/mol. The smallest absolute Gasteiger partial charge is 0.822 e. The van der Waals surface area contributed by atoms with Gasteiger partial charge in [-0.1, -0.05) is 0 Å². The van der Waals surface area contributed by atoms with Crippen molar-refractivity contribution < 1.29 is 39.0 Å². The van der Waals surface area contributed by atoms with Crippen molar-refractivity contribution in [2.75, 3.05) is 0 Å². The second-order valence-corrected chi connectivity index (χ2v) is 1.92. The molecule has 0 amide bonds. The number of carboxylic acid groups (broad SMARTS) is 2. The van der Waals surface area contributed by atoms with Crippen molar-refractivity contribution in [1.82, 2.24) is 6.15 Å². The average Bonchev–Trinajstić information content (AvgIpc) is 1.59. The molecule has 0 aromatic heterocycles. The summed E-state index contributed by atoms with van der Waals surface area (Å²) in [4.78, 5) is 43.5. The third-order valence-electron chi connectivity index (χ3n) is 0.167. The van der Waals surface area contributed by atoms with Crippen LogP contribution in [0.15, 0.2) is 0 Å². The topological polar surface area (TPSA) is 203 Å². The third-order valence-corrected chi connectivity index (χ3v) is 0.167. The Labute approximate surface area is 124 Å². The summed E-state index contributed by atoms with van der Waals surface area (Å²) in [6.45, 7) is 0. The molecule has 74 valence electrons. The molecule has 14 heavy (non-hydrogen) atoms. The fourth-order valence-electron chi connectivity index (χ4n) is 0. The molecule has 0 aliphatic carbocycles. The third kappa shape index (κ3) is 74.5. The molecule has 0 aromatic rings. The molecule has 12 heteroatoms. The Morgan fingerprint density at radius 3 is 1.00 bits per heavy atom. The second-order valence-electron chi connectivity index (χ2n) is 1.02. The Morgan fingerprint density at radius 2 is 1.00 bits per heavy atom. The standard InChI is InChI=1S/C2H2O4.Ca.Mg.H3N.H3O4P/c3-1(4)2(5)6;;;;1-5(2,3)4/h(H,3,4)(H,5,6);;;1H3;(H3,1,2,3,4)/q;2*+2;;/p-4. The van der Waals surface area contributed by atoms with Crippen LogP contribution >= 0.6 is 7.82 Å². The predicted octanol–water partition coefficient (Wildman–Crippen LogP) is -6.72. The molecule has 0 fully saturated rings. The van der Waals surface area contributed by atoms with Gasteiger partial charge in [0.05, 0.1) is 11.9 Å². The number of phosphoric acid groups is 1. The molecule has 0 spiro atoms. The molecule has 0 aromatic carbocycles. The zero-order chi connectivity index (χ0) is 9.65. The van der Waals surface area contributed by atoms with Gasteiger partial charge in [-0.2, -0.15) is 7.82 Å². The number of carbonyl (C=O) groups is 2. The zero-order valence-corrected chi connectivity index (χ0v) is 11.6. The first kappa shape index (κ1) is 29.4. The van der Waals surface area contributed by atoms with E-state index in [1.807, 2.05) is 0 Å². The van der Waals surface area contributed by atoms with Crippen molar-refractivity contribution in [3.63, 3.8) is 0 Å². The summed E-state index contributed by atoms with van der Waals surface area (Å²) in [5.41, 5.74) is 0. The SMILES string of the molecule is O=C([O-])C(=O)[O-].O=P([O-])([O-])[O-].[Ca+2].[Mg+2].[NH4+]. The summed E-state index contributed by atoms with van der Waals surface area (Å²) in [5.74, 6) is -4.37. The Hall–Kier alpha value is 1.04. The molecule has 0 aliphatic rings. The second kappa shape index (κ2) is 14.0. The molecule has 0 saturated heterocycles. The summed E-state index contributed by atoms with van der Waals surface area (Å²) >= 11 is 0. The summed E-state index contributed by atoms with van der Waals surface area (Å²) in [6, 6.07) is 0. The number of hydrogen-bond donors (Lipinski definition) is 1. The van der Waals surface area contributed by atoms with Crippen LogP contribution in [0.3, 0.4) is 0 Å². The Kier molecular flexibility index (Phi) is 29.5. The molecular weight excluding hydrogens is 261 g/mol. The van der Waals surface area contributed by atoms with E-state index in [4.69, 9.17) is 39.0 Å². The number of carboxylic acids is 2. The maximum Gasteiger partial charge on any atom is 2.00 e. The summed E-state index contributed by atoms with van der Waals surface area (Å²) in [5, 5.41) is 17.9. The first-order chi connectivity index (χ1) is 4.64. The molecular formula is C2H4CaMgNO8P. The van der Waals surface area contributed by atoms with Crippen LogP contribution < -0.4 is 31.0 Å². The van der Waals surface area contributed by atoms with Gasteiger partial charge in [-0.25, -0.2) is 0 Å². The first-order valence-electron chi connectivity index (χ1n) is 1.80. The minimum absolute atomic E-state index is 0. The molecule has 4 N–H and O–H groups in total. The molecule has 0 rings (SSSR count). The van der Waals surface area contributed by atoms with Crippen LogP contribution in [0, 0.1) is 0 Å². The minimum Gasteiger partial charge on any atom is -0.822 e. The normalized spacial score (nSPS) is 7.36. The van der Waals surface area contributed by atoms with Crippen LogP contribution in [-0.2, 0) is 14.2 Å². The van der Waals surface area contributed by atoms with Crippen LogP contribution in [-0.4, -0.2) is 72.7 Å². The van der Waals surface area contributed by atoms with E-state index in [2.05, 4.69) is 0 Å². The van der Waals surface area contributed by atoms with E-state index < -0.39 is 19.8 Å². The van der Waals surface area contributed by atoms with E-state index in [9.17, 15) is 0 Å². The van der Waals surface area contributed by atoms with Gasteiger partial charge in [-0.3, -0.25) is 0 Å². The molecule has 0 unspecified atom stereocenters. The molecule has 0 atom stereocenters. The zero-order valence-electron chi connectivity index (χ0n) is 7.13. The minimum atomic E-state index is -5.39. The molecule has 0 aliphatic heterocycles. The quantitative estimate of drug-likeness (QED) is 0.252. The molecule has 0 heterocycles. The Balaban J connectivity index is -0.0000000321. The number of aliphatic carboxylic acids is 2. The van der Waals surface area contributed by atoms with Crippen LogP contribution in [0.5, 0.6) is 0 Å². The monoisotopic (exact) mass is 265 g/mol. The van der Waals surface area contributed by atoms with Gasteiger partial charge in [0.2, 0.25) is 0 Å². The predicted molar refractivity (Wildman–Crippen MR) is 35.1 cm³/mol. The number of carbonyl (C=O) groups excluding carboxylic acids is 2. The van der Waals surface area contributed by atoms with Gasteiger partial charge in [0.25, 0.3) is 0 Å². The van der Waals surface area contributed by atoms with Gasteiger partial charge in [-0.05, 0) is 0 Å². The van der Waals surface area contributed by atoms with Crippen molar-refractivity contribution >= 4 is 80.6 Å². The summed E-state index contributed by atoms with van der Waals surface area (Å²) in [7, 11) is -5.39. The van der Waals surface area contributed by atoms with Gasteiger partial charge in [0, 0.05) is 0 Å². The molecule has 0 saturated carbocycles. The first-order valence-corrected chi connectivity index (χ1v) is 3.26. The van der Waals surface area contributed by atoms with Crippen LogP contribution in [0.1, 0.15) is 0 Å². The van der Waals surface area contributed by atoms with E-state index in [1.165, 1.54) is 0 Å². The van der Waals surface area contributed by atoms with Gasteiger partial charge >= 0.3 is 60.8 Å². The van der Waals surface area contributed by atoms with E-state index in [0.29, 0.717) is 0 Å². The van der Waals surface area contributed by atoms with E-state index >= 15 is 0 Å². The summed E-state index contributed by atoms with van der Waals surface area (Å²) < 4.78 is 8.55. The van der Waals surface area contributed by atoms with Crippen molar-refractivity contribution in [3.05, 3.63) is 0 Å².